The molecule has 18 heteroatoms. The van der Waals surface area contributed by atoms with Gasteiger partial charge in [-0.05, 0) is 151 Å². The number of allylic oxidation sites excluding steroid dienone is 2. The number of ether oxygens (including phenoxy) is 4. The number of carbonyl (C=O) groups excluding carboxylic acids is 1. The normalized spacial score (nSPS) is 14.8. The van der Waals surface area contributed by atoms with E-state index in [1.807, 2.05) is 0 Å². The first kappa shape index (κ1) is 57.3. The number of esters is 1. The van der Waals surface area contributed by atoms with Gasteiger partial charge in [-0.1, -0.05) is 97.1 Å². The number of aromatic amines is 1. The van der Waals surface area contributed by atoms with Crippen LogP contribution in [0, 0.1) is 11.9 Å². The van der Waals surface area contributed by atoms with Gasteiger partial charge in [0.15, 0.2) is 6.23 Å². The third-order valence-electron chi connectivity index (χ3n) is 12.7. The fraction of sp³-hybridized carbons (Fsp3) is 0.295. The molecular weight excluding hydrogens is 1030 g/mol. The number of benzene rings is 6. The molecule has 8 aromatic rings. The summed E-state index contributed by atoms with van der Waals surface area (Å²) in [5.41, 5.74) is 9.37. The molecule has 10 nitrogen and oxygen atoms in total. The molecule has 1 aliphatic heterocycles. The van der Waals surface area contributed by atoms with Gasteiger partial charge in [-0.15, -0.1) is 5.10 Å². The van der Waals surface area contributed by atoms with Crippen LogP contribution < -0.4 is 15.2 Å². The number of hydrogen-bond donors (Lipinski definition) is 2. The molecule has 9 rings (SSSR count). The summed E-state index contributed by atoms with van der Waals surface area (Å²) in [7, 11) is 0. The van der Waals surface area contributed by atoms with Gasteiger partial charge in [0.05, 0.1) is 41.3 Å². The summed E-state index contributed by atoms with van der Waals surface area (Å²) in [6.45, 7) is 6.89. The van der Waals surface area contributed by atoms with Crippen LogP contribution >= 0.6 is 0 Å². The number of nitrogens with one attached hydrogen (secondary N) is 1. The van der Waals surface area contributed by atoms with Crippen LogP contribution in [-0.2, 0) is 14.3 Å². The molecule has 0 aliphatic carbocycles. The lowest BCUT2D eigenvalue weighted by Crippen LogP contribution is -2.23. The first-order chi connectivity index (χ1) is 37.7. The van der Waals surface area contributed by atoms with E-state index in [1.54, 1.807) is 160 Å². The number of aromatic nitrogens is 4. The lowest BCUT2D eigenvalue weighted by atomic mass is 9.87. The van der Waals surface area contributed by atoms with Crippen LogP contribution in [0.3, 0.4) is 0 Å². The quantitative estimate of drug-likeness (QED) is 0.0400. The van der Waals surface area contributed by atoms with Gasteiger partial charge in [0.2, 0.25) is 11.9 Å². The monoisotopic (exact) mass is 1090 g/mol. The van der Waals surface area contributed by atoms with E-state index in [1.165, 1.54) is 10.7 Å². The van der Waals surface area contributed by atoms with Crippen LogP contribution in [0.1, 0.15) is 105 Å². The van der Waals surface area contributed by atoms with Crippen molar-refractivity contribution in [3.8, 4) is 11.5 Å². The molecule has 0 bridgehead atoms. The first-order valence-electron chi connectivity index (χ1n) is 25.8. The maximum absolute atomic E-state index is 15.3. The average Bonchev–Trinajstić information content (AvgIpc) is 4.03. The number of fused-ring (bicyclic) bond motifs is 2. The minimum absolute atomic E-state index is 0.0573. The highest BCUT2D eigenvalue weighted by Gasteiger charge is 2.33. The second-order valence-corrected chi connectivity index (χ2v) is 19.8. The first-order valence-corrected chi connectivity index (χ1v) is 25.8. The Kier molecular flexibility index (Phi) is 18.4. The maximum Gasteiger partial charge on any atom is 0.393 e. The highest BCUT2D eigenvalue weighted by molar-refractivity contribution is 6.02. The van der Waals surface area contributed by atoms with Gasteiger partial charge >= 0.3 is 18.3 Å². The molecule has 2 aromatic heterocycles. The van der Waals surface area contributed by atoms with E-state index >= 15 is 4.39 Å². The summed E-state index contributed by atoms with van der Waals surface area (Å²) in [6.07, 6.45) is -8.51. The topological polar surface area (TPSA) is 127 Å². The molecule has 0 radical (unpaired) electrons. The van der Waals surface area contributed by atoms with Crippen molar-refractivity contribution < 1.29 is 58.9 Å². The summed E-state index contributed by atoms with van der Waals surface area (Å²) in [6, 6.07) is 40.0. The number of rotatable bonds is 17. The second-order valence-electron chi connectivity index (χ2n) is 19.8. The summed E-state index contributed by atoms with van der Waals surface area (Å²) in [4.78, 5) is 12.0. The van der Waals surface area contributed by atoms with E-state index in [2.05, 4.69) is 15.3 Å². The molecular formula is C61H59F8N5O5. The zero-order valence-electron chi connectivity index (χ0n) is 43.7. The van der Waals surface area contributed by atoms with Crippen LogP contribution in [0.2, 0.25) is 0 Å². The van der Waals surface area contributed by atoms with Crippen LogP contribution in [-0.4, -0.2) is 70.3 Å². The van der Waals surface area contributed by atoms with Gasteiger partial charge in [0, 0.05) is 19.6 Å². The molecule has 1 aliphatic rings. The molecule has 1 unspecified atom stereocenters. The van der Waals surface area contributed by atoms with Crippen molar-refractivity contribution in [1.82, 2.24) is 20.0 Å². The predicted molar refractivity (Wildman–Crippen MR) is 289 cm³/mol. The Bertz CT molecular complexity index is 3380. The summed E-state index contributed by atoms with van der Waals surface area (Å²) in [5, 5.41) is 10.7. The van der Waals surface area contributed by atoms with Gasteiger partial charge in [0.25, 0.3) is 0 Å². The van der Waals surface area contributed by atoms with Gasteiger partial charge in [0.1, 0.15) is 23.7 Å². The van der Waals surface area contributed by atoms with Crippen molar-refractivity contribution in [3.05, 3.63) is 191 Å². The van der Waals surface area contributed by atoms with Crippen molar-refractivity contribution >= 4 is 50.1 Å². The van der Waals surface area contributed by atoms with Crippen molar-refractivity contribution in [2.75, 3.05) is 26.4 Å². The summed E-state index contributed by atoms with van der Waals surface area (Å²) < 4.78 is 137. The molecule has 0 spiro atoms. The van der Waals surface area contributed by atoms with Crippen LogP contribution in [0.25, 0.3) is 44.1 Å². The Labute approximate surface area is 451 Å². The average molecular weight is 1090 g/mol. The Morgan fingerprint density at radius 3 is 1.68 bits per heavy atom. The van der Waals surface area contributed by atoms with Crippen molar-refractivity contribution in [3.63, 3.8) is 0 Å². The Morgan fingerprint density at radius 2 is 1.18 bits per heavy atom. The van der Waals surface area contributed by atoms with Crippen molar-refractivity contribution in [2.45, 2.75) is 89.9 Å². The molecule has 1 atom stereocenters. The van der Waals surface area contributed by atoms with Gasteiger partial charge in [-0.3, -0.25) is 9.89 Å². The second kappa shape index (κ2) is 25.3. The minimum atomic E-state index is -4.51. The highest BCUT2D eigenvalue weighted by atomic mass is 19.4. The molecule has 1 saturated heterocycles. The van der Waals surface area contributed by atoms with Crippen LogP contribution in [0.5, 0.6) is 11.5 Å². The maximum atomic E-state index is 15.3. The number of nitrogens with zero attached hydrogens (tertiary/aromatic N) is 3. The number of hydrogen-bond acceptors (Lipinski definition) is 8. The molecule has 3 heterocycles. The fourth-order valence-electron chi connectivity index (χ4n) is 9.32. The lowest BCUT2D eigenvalue weighted by molar-refractivity contribution is -0.155. The summed E-state index contributed by atoms with van der Waals surface area (Å²) in [5.74, 6) is -0.618. The Hall–Kier alpha value is -7.83. The van der Waals surface area contributed by atoms with E-state index in [9.17, 15) is 35.5 Å². The van der Waals surface area contributed by atoms with E-state index in [4.69, 9.17) is 24.7 Å². The molecule has 0 saturated carbocycles. The molecule has 3 N–H and O–H groups in total. The SMILES string of the molecule is CC(C)(C)OC(=O)CCCOc1ccc(/C(=C(/CC(F)(F)F)c2ccccc2)c2ccc3c(c2)c(F)nn3C2CCCCO2)cc1.NCCOc1ccc(/C(=C(/CC(F)(F)F)c2ccccc2)c2ccc3n[nH]c(F)c3c2)cc1. The van der Waals surface area contributed by atoms with E-state index < -0.39 is 48.9 Å². The van der Waals surface area contributed by atoms with Crippen LogP contribution in [0.15, 0.2) is 146 Å². The third kappa shape index (κ3) is 15.5. The lowest BCUT2D eigenvalue weighted by Gasteiger charge is -2.23. The van der Waals surface area contributed by atoms with E-state index in [0.717, 1.165) is 12.8 Å². The molecule has 6 aromatic carbocycles. The third-order valence-corrected chi connectivity index (χ3v) is 12.7. The van der Waals surface area contributed by atoms with E-state index in [-0.39, 0.29) is 40.9 Å². The Morgan fingerprint density at radius 1 is 0.658 bits per heavy atom. The zero-order valence-corrected chi connectivity index (χ0v) is 43.7. The van der Waals surface area contributed by atoms with Crippen LogP contribution in [0.4, 0.5) is 35.1 Å². The Balaban J connectivity index is 0.000000220. The van der Waals surface area contributed by atoms with Gasteiger partial charge < -0.3 is 24.7 Å². The molecule has 414 valence electrons. The molecule has 79 heavy (non-hydrogen) atoms. The number of H-pyrrole nitrogens is 1. The summed E-state index contributed by atoms with van der Waals surface area (Å²) >= 11 is 0. The molecule has 0 amide bonds. The predicted octanol–water partition coefficient (Wildman–Crippen LogP) is 15.2. The fourth-order valence-corrected chi connectivity index (χ4v) is 9.32. The minimum Gasteiger partial charge on any atom is -0.494 e. The zero-order chi connectivity index (χ0) is 56.3. The van der Waals surface area contributed by atoms with Crippen molar-refractivity contribution in [2.24, 2.45) is 5.73 Å². The number of carbonyl (C=O) groups is 1. The smallest absolute Gasteiger partial charge is 0.393 e. The van der Waals surface area contributed by atoms with Gasteiger partial charge in [-0.25, -0.2) is 4.68 Å². The molecule has 1 fully saturated rings. The van der Waals surface area contributed by atoms with E-state index in [0.29, 0.717) is 99.7 Å². The largest absolute Gasteiger partial charge is 0.494 e. The highest BCUT2D eigenvalue weighted by Crippen LogP contribution is 2.43. The van der Waals surface area contributed by atoms with Gasteiger partial charge in [-0.2, -0.15) is 40.2 Å². The number of nitrogens with two attached hydrogens (primary N) is 1. The number of halogens is 8. The number of alkyl halides is 6. The van der Waals surface area contributed by atoms with Crippen molar-refractivity contribution in [1.29, 1.82) is 0 Å². The standard InChI is InChI=1S/C36H38F4N2O4.C25H21F4N3O/c1-35(2,3)46-32(43)13-9-21-44-27-17-14-25(15-18-27)33(29(23-36(38,39)40)24-10-5-4-6-11-24)26-16-19-30-28(22-26)34(37)41-42(30)31-12-7-8-20-45-31;26-24-20-14-18(8-11-22(20)31-32-24)23(17-6-9-19(10-7-17)33-13-12-30)21(15-25(27,28)29)16-4-2-1-3-5-16/h4-6,10-11,14-19,22,31H,7-9,12-13,20-21,23H2,1-3H3;1-11,14H,12-13,15,30H2,(H,31,32)/b33-29+;23-21+.